The third kappa shape index (κ3) is 5.10. The summed E-state index contributed by atoms with van der Waals surface area (Å²) >= 11 is 12.6. The summed E-state index contributed by atoms with van der Waals surface area (Å²) in [7, 11) is -4.20. The van der Waals surface area contributed by atoms with E-state index in [1.165, 1.54) is 17.6 Å². The maximum Gasteiger partial charge on any atom is 0.416 e. The predicted octanol–water partition coefficient (Wildman–Crippen LogP) is 4.42. The molecule has 7 nitrogen and oxygen atoms in total. The van der Waals surface area contributed by atoms with E-state index in [0.717, 1.165) is 16.4 Å². The molecular weight excluding hydrogens is 504 g/mol. The van der Waals surface area contributed by atoms with Crippen LogP contribution in [0.5, 0.6) is 5.75 Å². The molecule has 31 heavy (non-hydrogen) atoms. The van der Waals surface area contributed by atoms with E-state index in [1.807, 2.05) is 0 Å². The Kier molecular flexibility index (Phi) is 7.08. The van der Waals surface area contributed by atoms with Crippen molar-refractivity contribution in [2.75, 3.05) is 13.1 Å². The Balaban J connectivity index is 1.70. The molecule has 1 aromatic carbocycles. The van der Waals surface area contributed by atoms with E-state index in [2.05, 4.69) is 0 Å². The van der Waals surface area contributed by atoms with Crippen LogP contribution in [0.4, 0.5) is 13.2 Å². The van der Waals surface area contributed by atoms with Gasteiger partial charge in [0.1, 0.15) is 25.4 Å². The third-order valence-corrected chi connectivity index (χ3v) is 8.41. The number of rotatable bonds is 5. The van der Waals surface area contributed by atoms with Crippen molar-refractivity contribution in [1.29, 1.82) is 0 Å². The number of nitrogens with one attached hydrogen (secondary N) is 1. The van der Waals surface area contributed by atoms with E-state index in [4.69, 9.17) is 33.1 Å². The van der Waals surface area contributed by atoms with Crippen molar-refractivity contribution in [2.45, 2.75) is 30.0 Å². The maximum absolute atomic E-state index is 13.0. The second kappa shape index (κ2) is 9.12. The minimum atomic E-state index is -4.45. The minimum Gasteiger partial charge on any atom is -0.490 e. The lowest BCUT2D eigenvalue weighted by molar-refractivity contribution is -0.137. The fourth-order valence-electron chi connectivity index (χ4n) is 3.08. The van der Waals surface area contributed by atoms with E-state index < -0.39 is 44.2 Å². The number of amides is 1. The lowest BCUT2D eigenvalue weighted by atomic mass is 10.1. The largest absolute Gasteiger partial charge is 0.490 e. The van der Waals surface area contributed by atoms with Crippen molar-refractivity contribution in [3.05, 3.63) is 44.1 Å². The monoisotopic (exact) mass is 518 g/mol. The summed E-state index contributed by atoms with van der Waals surface area (Å²) in [6.45, 7) is 0.0508. The molecule has 1 aliphatic rings. The molecule has 14 heteroatoms. The van der Waals surface area contributed by atoms with Crippen LogP contribution in [0.25, 0.3) is 0 Å². The molecule has 0 bridgehead atoms. The summed E-state index contributed by atoms with van der Waals surface area (Å²) in [6.07, 6.45) is -4.34. The van der Waals surface area contributed by atoms with Crippen molar-refractivity contribution in [3.63, 3.8) is 0 Å². The van der Waals surface area contributed by atoms with E-state index in [9.17, 15) is 26.4 Å². The molecule has 1 aliphatic heterocycles. The van der Waals surface area contributed by atoms with Gasteiger partial charge >= 0.3 is 6.18 Å². The van der Waals surface area contributed by atoms with Crippen LogP contribution in [0.3, 0.4) is 0 Å². The van der Waals surface area contributed by atoms with Gasteiger partial charge in [-0.25, -0.2) is 13.9 Å². The Morgan fingerprint density at radius 1 is 1.16 bits per heavy atom. The van der Waals surface area contributed by atoms with Gasteiger partial charge in [0.2, 0.25) is 10.0 Å². The number of sulfonamides is 1. The number of hydrogen-bond donors (Lipinski definition) is 2. The lowest BCUT2D eigenvalue weighted by Gasteiger charge is -2.31. The van der Waals surface area contributed by atoms with Gasteiger partial charge in [0.15, 0.2) is 0 Å². The normalized spacial score (nSPS) is 16.3. The Labute approximate surface area is 189 Å². The van der Waals surface area contributed by atoms with Crippen molar-refractivity contribution in [1.82, 2.24) is 9.79 Å². The zero-order valence-corrected chi connectivity index (χ0v) is 18.6. The topological polar surface area (TPSA) is 95.9 Å². The number of benzene rings is 1. The molecule has 0 aliphatic carbocycles. The summed E-state index contributed by atoms with van der Waals surface area (Å²) < 4.78 is 70.4. The van der Waals surface area contributed by atoms with Crippen molar-refractivity contribution >= 4 is 50.5 Å². The third-order valence-electron chi connectivity index (χ3n) is 4.59. The number of thiophene rings is 1. The smallest absolute Gasteiger partial charge is 0.416 e. The Bertz CT molecular complexity index is 1070. The average molecular weight is 519 g/mol. The summed E-state index contributed by atoms with van der Waals surface area (Å²) in [4.78, 5) is 11.4. The van der Waals surface area contributed by atoms with Crippen LogP contribution in [0, 0.1) is 0 Å². The van der Waals surface area contributed by atoms with Gasteiger partial charge in [0.05, 0.1) is 11.1 Å². The molecule has 0 spiro atoms. The second-order valence-corrected chi connectivity index (χ2v) is 10.6. The van der Waals surface area contributed by atoms with Crippen LogP contribution in [0.1, 0.15) is 28.8 Å². The highest BCUT2D eigenvalue weighted by Gasteiger charge is 2.37. The molecule has 0 saturated carbocycles. The van der Waals surface area contributed by atoms with Gasteiger partial charge in [-0.2, -0.15) is 17.5 Å². The van der Waals surface area contributed by atoms with Gasteiger partial charge < -0.3 is 4.74 Å². The van der Waals surface area contributed by atoms with Gasteiger partial charge in [-0.05, 0) is 37.1 Å². The fraction of sp³-hybridized carbons (Fsp3) is 0.353. The van der Waals surface area contributed by atoms with E-state index in [1.54, 1.807) is 0 Å². The van der Waals surface area contributed by atoms with Crippen molar-refractivity contribution < 1.29 is 36.3 Å². The lowest BCUT2D eigenvalue weighted by Crippen LogP contribution is -2.42. The fourth-order valence-corrected chi connectivity index (χ4v) is 7.04. The minimum absolute atomic E-state index is 0.0254. The molecule has 0 radical (unpaired) electrons. The number of halogens is 5. The van der Waals surface area contributed by atoms with Crippen molar-refractivity contribution in [3.8, 4) is 5.75 Å². The molecule has 1 amide bonds. The molecule has 2 N–H and O–H groups in total. The number of carbonyl (C=O) groups excluding carboxylic acids is 1. The first-order valence-electron chi connectivity index (χ1n) is 8.71. The Hall–Kier alpha value is -1.57. The molecule has 1 saturated heterocycles. The van der Waals surface area contributed by atoms with Gasteiger partial charge in [0, 0.05) is 13.1 Å². The van der Waals surface area contributed by atoms with Gasteiger partial charge in [-0.3, -0.25) is 10.0 Å². The number of hydrogen-bond acceptors (Lipinski definition) is 6. The summed E-state index contributed by atoms with van der Waals surface area (Å²) in [6, 6.07) is 4.23. The zero-order valence-electron chi connectivity index (χ0n) is 15.4. The predicted molar refractivity (Wildman–Crippen MR) is 107 cm³/mol. The number of carbonyl (C=O) groups is 1. The molecule has 2 aromatic rings. The van der Waals surface area contributed by atoms with Crippen LogP contribution in [0.15, 0.2) is 29.2 Å². The van der Waals surface area contributed by atoms with Crippen molar-refractivity contribution in [2.24, 2.45) is 0 Å². The first-order chi connectivity index (χ1) is 14.4. The summed E-state index contributed by atoms with van der Waals surface area (Å²) in [5, 5.41) is 8.87. The van der Waals surface area contributed by atoms with E-state index >= 15 is 0 Å². The first-order valence-corrected chi connectivity index (χ1v) is 11.7. The molecular formula is C17H15Cl2F3N2O5S2. The number of ether oxygens (including phenoxy) is 1. The van der Waals surface area contributed by atoms with Crippen LogP contribution in [-0.2, 0) is 16.2 Å². The highest BCUT2D eigenvalue weighted by molar-refractivity contribution is 7.89. The van der Waals surface area contributed by atoms with Gasteiger partial charge in [-0.15, -0.1) is 11.3 Å². The van der Waals surface area contributed by atoms with Crippen LogP contribution in [-0.4, -0.2) is 43.0 Å². The highest BCUT2D eigenvalue weighted by atomic mass is 35.5. The number of piperidine rings is 1. The zero-order chi connectivity index (χ0) is 23.0. The molecule has 2 heterocycles. The first kappa shape index (κ1) is 24.1. The van der Waals surface area contributed by atoms with E-state index in [0.29, 0.717) is 11.3 Å². The molecule has 1 fully saturated rings. The molecule has 170 valence electrons. The summed E-state index contributed by atoms with van der Waals surface area (Å²) in [5.74, 6) is -0.865. The second-order valence-electron chi connectivity index (χ2n) is 6.54. The SMILES string of the molecule is O=C(NO)c1c(Cl)sc(Cl)c1S(=O)(=O)N1CCC(Oc2ccc(C(F)(F)F)cc2)CC1. The quantitative estimate of drug-likeness (QED) is 0.451. The van der Waals surface area contributed by atoms with Gasteiger partial charge in [0.25, 0.3) is 5.91 Å². The standard InChI is InChI=1S/C17H15Cl2F3N2O5S2/c18-14-12(16(25)23-26)13(15(19)30-14)31(27,28)24-7-5-11(6-8-24)29-10-3-1-9(2-4-10)17(20,21)22/h1-4,11,26H,5-8H2,(H,23,25). The Morgan fingerprint density at radius 2 is 1.74 bits per heavy atom. The molecule has 0 unspecified atom stereocenters. The molecule has 1 aromatic heterocycles. The summed E-state index contributed by atoms with van der Waals surface area (Å²) in [5.41, 5.74) is 0.111. The average Bonchev–Trinajstić information content (AvgIpc) is 3.02. The maximum atomic E-state index is 13.0. The molecule has 3 rings (SSSR count). The van der Waals surface area contributed by atoms with Crippen LogP contribution < -0.4 is 10.2 Å². The van der Waals surface area contributed by atoms with E-state index in [-0.39, 0.29) is 40.4 Å². The number of alkyl halides is 3. The number of nitrogens with zero attached hydrogens (tertiary/aromatic N) is 1. The molecule has 0 atom stereocenters. The van der Waals surface area contributed by atoms with Crippen LogP contribution in [0.2, 0.25) is 8.67 Å². The highest BCUT2D eigenvalue weighted by Crippen LogP contribution is 2.41. The van der Waals surface area contributed by atoms with Gasteiger partial charge in [-0.1, -0.05) is 23.2 Å². The Morgan fingerprint density at radius 3 is 2.26 bits per heavy atom. The number of hydroxylamine groups is 1. The van der Waals surface area contributed by atoms with Crippen LogP contribution >= 0.6 is 34.5 Å².